The third kappa shape index (κ3) is 4.90. The molecule has 0 saturated carbocycles. The number of benzene rings is 1. The fraction of sp³-hybridized carbons (Fsp3) is 0.400. The Hall–Kier alpha value is -1.82. The van der Waals surface area contributed by atoms with Crippen molar-refractivity contribution in [2.45, 2.75) is 31.2 Å². The molecule has 112 valence electrons. The van der Waals surface area contributed by atoms with E-state index in [2.05, 4.69) is 34.3 Å². The molecule has 21 heavy (non-hydrogen) atoms. The molecule has 0 aliphatic rings. The molecule has 1 aromatic heterocycles. The standard InChI is InChI=1S/C15H20N4OS/c1-11(2)7-8-16-14(20)13-6-4-3-5-12(13)9-21-15-17-10-18-19-15/h3-6,10-11H,7-9H2,1-2H3,(H,16,20)(H,17,18,19). The second kappa shape index (κ2) is 7.83. The van der Waals surface area contributed by atoms with Crippen LogP contribution in [-0.2, 0) is 5.75 Å². The molecule has 2 N–H and O–H groups in total. The highest BCUT2D eigenvalue weighted by molar-refractivity contribution is 7.98. The van der Waals surface area contributed by atoms with Gasteiger partial charge in [0.05, 0.1) is 0 Å². The Kier molecular flexibility index (Phi) is 5.80. The number of aromatic nitrogens is 3. The van der Waals surface area contributed by atoms with Crippen molar-refractivity contribution in [3.63, 3.8) is 0 Å². The topological polar surface area (TPSA) is 70.7 Å². The normalized spacial score (nSPS) is 10.8. The molecule has 1 aromatic carbocycles. The number of amides is 1. The molecule has 2 rings (SSSR count). The molecule has 0 saturated heterocycles. The predicted molar refractivity (Wildman–Crippen MR) is 84.2 cm³/mol. The van der Waals surface area contributed by atoms with E-state index in [4.69, 9.17) is 0 Å². The Morgan fingerprint density at radius 2 is 2.19 bits per heavy atom. The molecular formula is C15H20N4OS. The van der Waals surface area contributed by atoms with Crippen LogP contribution in [0.25, 0.3) is 0 Å². The largest absolute Gasteiger partial charge is 0.352 e. The molecule has 1 amide bonds. The van der Waals surface area contributed by atoms with Gasteiger partial charge in [0.15, 0.2) is 5.16 Å². The predicted octanol–water partition coefficient (Wildman–Crippen LogP) is 2.87. The fourth-order valence-electron chi connectivity index (χ4n) is 1.85. The summed E-state index contributed by atoms with van der Waals surface area (Å²) in [5.41, 5.74) is 1.73. The molecule has 0 aliphatic heterocycles. The SMILES string of the molecule is CC(C)CCNC(=O)c1ccccc1CSc1ncn[nH]1. The Labute approximate surface area is 128 Å². The maximum atomic E-state index is 12.3. The minimum atomic E-state index is -0.00980. The van der Waals surface area contributed by atoms with Crippen LogP contribution >= 0.6 is 11.8 Å². The van der Waals surface area contributed by atoms with Crippen LogP contribution in [0.15, 0.2) is 35.7 Å². The van der Waals surface area contributed by atoms with Crippen molar-refractivity contribution in [3.8, 4) is 0 Å². The van der Waals surface area contributed by atoms with Gasteiger partial charge >= 0.3 is 0 Å². The number of aromatic amines is 1. The van der Waals surface area contributed by atoms with Gasteiger partial charge in [0.1, 0.15) is 6.33 Å². The summed E-state index contributed by atoms with van der Waals surface area (Å²) in [7, 11) is 0. The number of rotatable bonds is 7. The number of H-pyrrole nitrogens is 1. The summed E-state index contributed by atoms with van der Waals surface area (Å²) < 4.78 is 0. The highest BCUT2D eigenvalue weighted by Crippen LogP contribution is 2.21. The van der Waals surface area contributed by atoms with Crippen LogP contribution in [0, 0.1) is 5.92 Å². The second-order valence-corrected chi connectivity index (χ2v) is 6.14. The Balaban J connectivity index is 1.97. The quantitative estimate of drug-likeness (QED) is 0.772. The van der Waals surface area contributed by atoms with Crippen LogP contribution < -0.4 is 5.32 Å². The molecule has 0 radical (unpaired) electrons. The van der Waals surface area contributed by atoms with Gasteiger partial charge in [0.2, 0.25) is 0 Å². The van der Waals surface area contributed by atoms with Crippen molar-refractivity contribution in [2.75, 3.05) is 6.54 Å². The maximum Gasteiger partial charge on any atom is 0.251 e. The molecule has 0 spiro atoms. The molecule has 0 fully saturated rings. The molecule has 0 atom stereocenters. The molecule has 6 heteroatoms. The lowest BCUT2D eigenvalue weighted by molar-refractivity contribution is 0.0951. The highest BCUT2D eigenvalue weighted by atomic mass is 32.2. The summed E-state index contributed by atoms with van der Waals surface area (Å²) in [6.45, 7) is 5.00. The van der Waals surface area contributed by atoms with Gasteiger partial charge in [0, 0.05) is 17.9 Å². The third-order valence-corrected chi connectivity index (χ3v) is 3.95. The van der Waals surface area contributed by atoms with Gasteiger partial charge in [-0.1, -0.05) is 43.8 Å². The summed E-state index contributed by atoms with van der Waals surface area (Å²) >= 11 is 1.53. The van der Waals surface area contributed by atoms with Crippen LogP contribution in [0.3, 0.4) is 0 Å². The Morgan fingerprint density at radius 1 is 1.38 bits per heavy atom. The van der Waals surface area contributed by atoms with Crippen molar-refractivity contribution < 1.29 is 4.79 Å². The van der Waals surface area contributed by atoms with Gasteiger partial charge in [-0.2, -0.15) is 5.10 Å². The lowest BCUT2D eigenvalue weighted by Crippen LogP contribution is -2.26. The molecule has 1 heterocycles. The first-order valence-electron chi connectivity index (χ1n) is 7.01. The van der Waals surface area contributed by atoms with E-state index < -0.39 is 0 Å². The minimum Gasteiger partial charge on any atom is -0.352 e. The molecule has 0 aliphatic carbocycles. The zero-order valence-electron chi connectivity index (χ0n) is 12.3. The molecule has 5 nitrogen and oxygen atoms in total. The van der Waals surface area contributed by atoms with Crippen LogP contribution in [-0.4, -0.2) is 27.6 Å². The number of carbonyl (C=O) groups is 1. The van der Waals surface area contributed by atoms with Crippen molar-refractivity contribution >= 4 is 17.7 Å². The lowest BCUT2D eigenvalue weighted by atomic mass is 10.1. The molecule has 2 aromatic rings. The highest BCUT2D eigenvalue weighted by Gasteiger charge is 2.11. The summed E-state index contributed by atoms with van der Waals surface area (Å²) in [5, 5.41) is 10.4. The lowest BCUT2D eigenvalue weighted by Gasteiger charge is -2.10. The van der Waals surface area contributed by atoms with Gasteiger partial charge in [-0.3, -0.25) is 9.89 Å². The average Bonchev–Trinajstić information content (AvgIpc) is 2.98. The van der Waals surface area contributed by atoms with Gasteiger partial charge in [-0.05, 0) is 24.0 Å². The first kappa shape index (κ1) is 15.6. The zero-order valence-corrected chi connectivity index (χ0v) is 13.1. The van der Waals surface area contributed by atoms with Gasteiger partial charge in [0.25, 0.3) is 5.91 Å². The zero-order chi connectivity index (χ0) is 15.1. The van der Waals surface area contributed by atoms with Crippen LogP contribution in [0.1, 0.15) is 36.2 Å². The number of carbonyl (C=O) groups excluding carboxylic acids is 1. The van der Waals surface area contributed by atoms with Crippen LogP contribution in [0.5, 0.6) is 0 Å². The first-order chi connectivity index (χ1) is 10.2. The Bertz CT molecular complexity index is 569. The number of thioether (sulfide) groups is 1. The summed E-state index contributed by atoms with van der Waals surface area (Å²) in [6.07, 6.45) is 2.47. The van der Waals surface area contributed by atoms with E-state index in [0.29, 0.717) is 18.2 Å². The fourth-order valence-corrected chi connectivity index (χ4v) is 2.63. The van der Waals surface area contributed by atoms with Crippen molar-refractivity contribution in [1.82, 2.24) is 20.5 Å². The Morgan fingerprint density at radius 3 is 2.90 bits per heavy atom. The molecule has 0 bridgehead atoms. The summed E-state index contributed by atoms with van der Waals surface area (Å²) in [6, 6.07) is 7.67. The smallest absolute Gasteiger partial charge is 0.251 e. The number of hydrogen-bond acceptors (Lipinski definition) is 4. The second-order valence-electron chi connectivity index (χ2n) is 5.17. The van der Waals surface area contributed by atoms with Gasteiger partial charge in [-0.25, -0.2) is 4.98 Å². The van der Waals surface area contributed by atoms with Crippen molar-refractivity contribution in [2.24, 2.45) is 5.92 Å². The monoisotopic (exact) mass is 304 g/mol. The van der Waals surface area contributed by atoms with E-state index in [1.54, 1.807) is 0 Å². The number of nitrogens with zero attached hydrogens (tertiary/aromatic N) is 2. The summed E-state index contributed by atoms with van der Waals surface area (Å²) in [5.74, 6) is 1.26. The maximum absolute atomic E-state index is 12.3. The van der Waals surface area contributed by atoms with Crippen molar-refractivity contribution in [1.29, 1.82) is 0 Å². The summed E-state index contributed by atoms with van der Waals surface area (Å²) in [4.78, 5) is 16.3. The molecule has 0 unspecified atom stereocenters. The van der Waals surface area contributed by atoms with Gasteiger partial charge in [-0.15, -0.1) is 0 Å². The van der Waals surface area contributed by atoms with E-state index in [0.717, 1.165) is 22.7 Å². The average molecular weight is 304 g/mol. The van der Waals surface area contributed by atoms with E-state index in [1.807, 2.05) is 24.3 Å². The molecular weight excluding hydrogens is 284 g/mol. The minimum absolute atomic E-state index is 0.00980. The van der Waals surface area contributed by atoms with E-state index in [9.17, 15) is 4.79 Å². The first-order valence-corrected chi connectivity index (χ1v) is 7.99. The third-order valence-electron chi connectivity index (χ3n) is 3.03. The van der Waals surface area contributed by atoms with Crippen LogP contribution in [0.2, 0.25) is 0 Å². The van der Waals surface area contributed by atoms with Crippen LogP contribution in [0.4, 0.5) is 0 Å². The van der Waals surface area contributed by atoms with Crippen molar-refractivity contribution in [3.05, 3.63) is 41.7 Å². The number of nitrogens with one attached hydrogen (secondary N) is 2. The van der Waals surface area contributed by atoms with E-state index in [1.165, 1.54) is 18.1 Å². The number of hydrogen-bond donors (Lipinski definition) is 2. The van der Waals surface area contributed by atoms with Gasteiger partial charge < -0.3 is 5.32 Å². The van der Waals surface area contributed by atoms with E-state index >= 15 is 0 Å². The van der Waals surface area contributed by atoms with E-state index in [-0.39, 0.29) is 5.91 Å².